The summed E-state index contributed by atoms with van der Waals surface area (Å²) < 4.78 is 17.3. The van der Waals surface area contributed by atoms with Gasteiger partial charge in [0.1, 0.15) is 16.6 Å². The summed E-state index contributed by atoms with van der Waals surface area (Å²) in [7, 11) is 3.07. The predicted octanol–water partition coefficient (Wildman–Crippen LogP) is 4.59. The van der Waals surface area contributed by atoms with Crippen molar-refractivity contribution < 1.29 is 18.7 Å². The van der Waals surface area contributed by atoms with E-state index in [9.17, 15) is 9.59 Å². The van der Waals surface area contributed by atoms with Crippen molar-refractivity contribution in [1.29, 1.82) is 0 Å². The Kier molecular flexibility index (Phi) is 5.36. The van der Waals surface area contributed by atoms with Crippen LogP contribution in [0.15, 0.2) is 39.5 Å². The van der Waals surface area contributed by atoms with Crippen molar-refractivity contribution in [2.45, 2.75) is 33.2 Å². The van der Waals surface area contributed by atoms with Gasteiger partial charge in [-0.3, -0.25) is 14.5 Å². The fourth-order valence-electron chi connectivity index (χ4n) is 4.33. The Balaban J connectivity index is 1.85. The molecule has 2 aromatic heterocycles. The lowest BCUT2D eigenvalue weighted by Crippen LogP contribution is -2.29. The first-order valence-corrected chi connectivity index (χ1v) is 11.7. The van der Waals surface area contributed by atoms with Crippen LogP contribution in [-0.2, 0) is 6.42 Å². The highest BCUT2D eigenvalue weighted by molar-refractivity contribution is 7.15. The number of benzene rings is 2. The number of rotatable bonds is 5. The molecule has 0 bridgehead atoms. The Labute approximate surface area is 199 Å². The molecule has 1 amide bonds. The van der Waals surface area contributed by atoms with E-state index in [1.54, 1.807) is 25.3 Å². The van der Waals surface area contributed by atoms with Crippen molar-refractivity contribution in [3.05, 3.63) is 73.6 Å². The van der Waals surface area contributed by atoms with Gasteiger partial charge in [-0.2, -0.15) is 0 Å². The number of aromatic nitrogens is 2. The van der Waals surface area contributed by atoms with Crippen LogP contribution >= 0.6 is 11.3 Å². The zero-order chi connectivity index (χ0) is 24.1. The number of hydrogen-bond acceptors (Lipinski definition) is 8. The third-order valence-electron chi connectivity index (χ3n) is 6.18. The van der Waals surface area contributed by atoms with Crippen LogP contribution in [0.4, 0.5) is 5.13 Å². The van der Waals surface area contributed by atoms with Gasteiger partial charge in [0.15, 0.2) is 16.9 Å². The van der Waals surface area contributed by atoms with E-state index < -0.39 is 11.9 Å². The van der Waals surface area contributed by atoms with E-state index in [0.717, 1.165) is 16.1 Å². The van der Waals surface area contributed by atoms with E-state index in [1.807, 2.05) is 32.9 Å². The number of para-hydroxylation sites is 1. The molecule has 1 aliphatic rings. The second kappa shape index (κ2) is 8.25. The van der Waals surface area contributed by atoms with Crippen LogP contribution < -0.4 is 19.8 Å². The predicted molar refractivity (Wildman–Crippen MR) is 129 cm³/mol. The SMILES string of the molecule is CCc1nnc(N2C(=O)c3oc4cc(C)c(C)cc4c(=O)c3C2c2cccc(OC)c2OC)s1. The van der Waals surface area contributed by atoms with Gasteiger partial charge in [0, 0.05) is 5.56 Å². The van der Waals surface area contributed by atoms with E-state index in [-0.39, 0.29) is 16.8 Å². The first kappa shape index (κ1) is 22.1. The summed E-state index contributed by atoms with van der Waals surface area (Å²) in [6.07, 6.45) is 0.680. The molecule has 174 valence electrons. The van der Waals surface area contributed by atoms with Gasteiger partial charge < -0.3 is 13.9 Å². The maximum absolute atomic E-state index is 13.9. The molecule has 0 N–H and O–H groups in total. The number of aryl methyl sites for hydroxylation is 3. The molecule has 4 aromatic rings. The molecule has 0 spiro atoms. The zero-order valence-corrected chi connectivity index (χ0v) is 20.3. The quantitative estimate of drug-likeness (QED) is 0.415. The Hall–Kier alpha value is -3.72. The molecule has 0 radical (unpaired) electrons. The fraction of sp³-hybridized carbons (Fsp3) is 0.280. The molecular formula is C25H23N3O5S. The van der Waals surface area contributed by atoms with Gasteiger partial charge >= 0.3 is 0 Å². The molecule has 0 aliphatic carbocycles. The molecule has 0 saturated carbocycles. The van der Waals surface area contributed by atoms with E-state index in [0.29, 0.717) is 39.6 Å². The molecule has 9 heteroatoms. The second-order valence-electron chi connectivity index (χ2n) is 8.10. The van der Waals surface area contributed by atoms with Crippen molar-refractivity contribution in [2.24, 2.45) is 0 Å². The maximum Gasteiger partial charge on any atom is 0.297 e. The van der Waals surface area contributed by atoms with Crippen LogP contribution in [0.3, 0.4) is 0 Å². The summed E-state index contributed by atoms with van der Waals surface area (Å²) in [4.78, 5) is 29.1. The Morgan fingerprint density at radius 3 is 2.53 bits per heavy atom. The van der Waals surface area contributed by atoms with Gasteiger partial charge in [-0.05, 0) is 49.6 Å². The number of amides is 1. The summed E-state index contributed by atoms with van der Waals surface area (Å²) in [5, 5.41) is 10.1. The minimum atomic E-state index is -0.813. The molecule has 3 heterocycles. The van der Waals surface area contributed by atoms with Gasteiger partial charge in [0.05, 0.1) is 25.2 Å². The Morgan fingerprint density at radius 1 is 1.09 bits per heavy atom. The summed E-state index contributed by atoms with van der Waals surface area (Å²) in [5.41, 5.74) is 2.90. The molecule has 2 aromatic carbocycles. The van der Waals surface area contributed by atoms with Crippen LogP contribution in [0.2, 0.25) is 0 Å². The average Bonchev–Trinajstić information content (AvgIpc) is 3.42. The van der Waals surface area contributed by atoms with Crippen LogP contribution in [-0.4, -0.2) is 30.3 Å². The lowest BCUT2D eigenvalue weighted by Gasteiger charge is -2.24. The van der Waals surface area contributed by atoms with Gasteiger partial charge in [-0.15, -0.1) is 10.2 Å². The fourth-order valence-corrected chi connectivity index (χ4v) is 5.14. The van der Waals surface area contributed by atoms with E-state index in [4.69, 9.17) is 13.9 Å². The number of hydrogen-bond donors (Lipinski definition) is 0. The van der Waals surface area contributed by atoms with Crippen LogP contribution in [0.5, 0.6) is 11.5 Å². The van der Waals surface area contributed by atoms with Crippen LogP contribution in [0, 0.1) is 13.8 Å². The average molecular weight is 478 g/mol. The summed E-state index contributed by atoms with van der Waals surface area (Å²) in [5.74, 6) is 0.481. The largest absolute Gasteiger partial charge is 0.493 e. The minimum absolute atomic E-state index is 0.00359. The van der Waals surface area contributed by atoms with Crippen molar-refractivity contribution in [3.63, 3.8) is 0 Å². The highest BCUT2D eigenvalue weighted by Crippen LogP contribution is 2.46. The van der Waals surface area contributed by atoms with Crippen LogP contribution in [0.1, 0.15) is 50.8 Å². The van der Waals surface area contributed by atoms with Crippen molar-refractivity contribution >= 4 is 33.3 Å². The maximum atomic E-state index is 13.9. The first-order valence-electron chi connectivity index (χ1n) is 10.8. The third-order valence-corrected chi connectivity index (χ3v) is 7.25. The summed E-state index contributed by atoms with van der Waals surface area (Å²) >= 11 is 1.31. The topological polar surface area (TPSA) is 94.8 Å². The molecule has 1 atom stereocenters. The van der Waals surface area contributed by atoms with Crippen LogP contribution in [0.25, 0.3) is 11.0 Å². The monoisotopic (exact) mass is 477 g/mol. The summed E-state index contributed by atoms with van der Waals surface area (Å²) in [6, 6.07) is 8.16. The number of fused-ring (bicyclic) bond motifs is 2. The molecule has 8 nitrogen and oxygen atoms in total. The number of methoxy groups -OCH3 is 2. The Bertz CT molecular complexity index is 1510. The second-order valence-corrected chi connectivity index (χ2v) is 9.14. The highest BCUT2D eigenvalue weighted by atomic mass is 32.1. The molecule has 0 fully saturated rings. The standard InChI is InChI=1S/C25H23N3O5S/c1-6-18-26-27-25(34-18)28-20(14-8-7-9-16(31-4)22(14)32-5)19-21(29)15-10-12(2)13(3)11-17(15)33-23(19)24(28)30/h7-11,20H,6H2,1-5H3. The van der Waals surface area contributed by atoms with Crippen molar-refractivity contribution in [2.75, 3.05) is 19.1 Å². The van der Waals surface area contributed by atoms with Gasteiger partial charge in [-0.25, -0.2) is 0 Å². The highest BCUT2D eigenvalue weighted by Gasteiger charge is 2.46. The summed E-state index contributed by atoms with van der Waals surface area (Å²) in [6.45, 7) is 5.85. The Morgan fingerprint density at radius 2 is 1.85 bits per heavy atom. The van der Waals surface area contributed by atoms with Gasteiger partial charge in [0.25, 0.3) is 5.91 Å². The number of anilines is 1. The van der Waals surface area contributed by atoms with Gasteiger partial charge in [-0.1, -0.05) is 30.4 Å². The number of nitrogens with zero attached hydrogens (tertiary/aromatic N) is 3. The molecule has 34 heavy (non-hydrogen) atoms. The zero-order valence-electron chi connectivity index (χ0n) is 19.5. The number of carbonyl (C=O) groups is 1. The van der Waals surface area contributed by atoms with E-state index >= 15 is 0 Å². The normalized spacial score (nSPS) is 15.1. The third kappa shape index (κ3) is 3.19. The molecule has 5 rings (SSSR count). The lowest BCUT2D eigenvalue weighted by atomic mass is 9.96. The smallest absolute Gasteiger partial charge is 0.297 e. The number of carbonyl (C=O) groups excluding carboxylic acids is 1. The van der Waals surface area contributed by atoms with Crippen molar-refractivity contribution in [1.82, 2.24) is 10.2 Å². The van der Waals surface area contributed by atoms with Gasteiger partial charge in [0.2, 0.25) is 10.9 Å². The molecular weight excluding hydrogens is 454 g/mol. The molecule has 1 unspecified atom stereocenters. The lowest BCUT2D eigenvalue weighted by molar-refractivity contribution is 0.0970. The molecule has 1 aliphatic heterocycles. The van der Waals surface area contributed by atoms with Crippen molar-refractivity contribution in [3.8, 4) is 11.5 Å². The number of ether oxygens (including phenoxy) is 2. The first-order chi connectivity index (χ1) is 16.4. The van der Waals surface area contributed by atoms with E-state index in [1.165, 1.54) is 23.3 Å². The molecule has 0 saturated heterocycles. The minimum Gasteiger partial charge on any atom is -0.493 e. The van der Waals surface area contributed by atoms with E-state index in [2.05, 4.69) is 10.2 Å².